The Kier molecular flexibility index (Phi) is 8.98. The summed E-state index contributed by atoms with van der Waals surface area (Å²) < 4.78 is 5.35. The van der Waals surface area contributed by atoms with Crippen molar-refractivity contribution in [3.05, 3.63) is 29.8 Å². The van der Waals surface area contributed by atoms with Gasteiger partial charge in [0.1, 0.15) is 0 Å². The number of benzene rings is 1. The molecule has 1 saturated heterocycles. The van der Waals surface area contributed by atoms with Crippen molar-refractivity contribution >= 4 is 23.5 Å². The van der Waals surface area contributed by atoms with E-state index in [1.165, 1.54) is 11.8 Å². The number of carboxylic acids is 1. The largest absolute Gasteiger partial charge is 1.00 e. The minimum Gasteiger partial charge on any atom is -1.00 e. The normalized spacial score (nSPS) is 15.6. The number of rotatable bonds is 7. The van der Waals surface area contributed by atoms with Gasteiger partial charge in [-0.2, -0.15) is 0 Å². The molecule has 24 heavy (non-hydrogen) atoms. The Morgan fingerprint density at radius 2 is 1.83 bits per heavy atom. The number of hydrogen-bond donors (Lipinski definition) is 1. The average molecular weight is 361 g/mol. The third-order valence-electron chi connectivity index (χ3n) is 4.06. The molecule has 0 unspecified atom stereocenters. The van der Waals surface area contributed by atoms with Crippen LogP contribution in [-0.2, 0) is 9.53 Å². The van der Waals surface area contributed by atoms with Crippen molar-refractivity contribution in [2.75, 3.05) is 32.1 Å². The maximum absolute atomic E-state index is 12.8. The number of carbonyl (C=O) groups is 2. The minimum absolute atomic E-state index is 0. The van der Waals surface area contributed by atoms with E-state index in [0.29, 0.717) is 24.5 Å². The molecule has 1 aromatic rings. The number of ketones is 1. The van der Waals surface area contributed by atoms with Crippen molar-refractivity contribution < 1.29 is 50.4 Å². The number of morpholine rings is 1. The third-order valence-corrected chi connectivity index (χ3v) is 5.07. The molecule has 1 aliphatic heterocycles. The van der Waals surface area contributed by atoms with Gasteiger partial charge in [-0.05, 0) is 26.0 Å². The summed E-state index contributed by atoms with van der Waals surface area (Å²) in [5, 5.41) is 8.65. The van der Waals surface area contributed by atoms with Crippen LogP contribution in [0.5, 0.6) is 0 Å². The predicted molar refractivity (Wildman–Crippen MR) is 91.3 cm³/mol. The van der Waals surface area contributed by atoms with Crippen LogP contribution in [0.25, 0.3) is 0 Å². The summed E-state index contributed by atoms with van der Waals surface area (Å²) in [6.45, 7) is 6.77. The summed E-state index contributed by atoms with van der Waals surface area (Å²) in [5.41, 5.74) is 0.131. The van der Waals surface area contributed by atoms with Crippen LogP contribution in [0, 0.1) is 0 Å². The molecule has 5 nitrogen and oxygen atoms in total. The van der Waals surface area contributed by atoms with Gasteiger partial charge in [-0.1, -0.05) is 12.1 Å². The van der Waals surface area contributed by atoms with E-state index >= 15 is 0 Å². The van der Waals surface area contributed by atoms with Gasteiger partial charge in [0.25, 0.3) is 0 Å². The maximum atomic E-state index is 12.8. The molecule has 0 aliphatic carbocycles. The molecule has 0 amide bonds. The second-order valence-corrected chi connectivity index (χ2v) is 7.17. The number of carbonyl (C=O) groups excluding carboxylic acids is 1. The molecule has 1 aromatic carbocycles. The maximum Gasteiger partial charge on any atom is 1.00 e. The van der Waals surface area contributed by atoms with E-state index in [-0.39, 0.29) is 43.2 Å². The number of nitrogens with zero attached hydrogens (tertiary/aromatic N) is 1. The first-order valence-corrected chi connectivity index (χ1v) is 8.72. The Bertz CT molecular complexity index is 562. The number of thioether (sulfide) groups is 1. The minimum atomic E-state index is -0.795. The SMILES string of the molecule is CC(C)(C(=O)c1ccc(SCCC(=O)O)cc1)N1CCOCC1.[H-].[Na+]. The van der Waals surface area contributed by atoms with Gasteiger partial charge in [0.15, 0.2) is 5.78 Å². The Labute approximate surface area is 170 Å². The molecule has 1 N–H and O–H groups in total. The number of Topliss-reactive ketones (excluding diaryl/α,β-unsaturated/α-hetero) is 1. The van der Waals surface area contributed by atoms with E-state index in [0.717, 1.165) is 18.0 Å². The van der Waals surface area contributed by atoms with Crippen molar-refractivity contribution in [1.82, 2.24) is 4.90 Å². The molecule has 1 fully saturated rings. The summed E-state index contributed by atoms with van der Waals surface area (Å²) in [6.07, 6.45) is 0.134. The van der Waals surface area contributed by atoms with Crippen molar-refractivity contribution in [2.45, 2.75) is 30.7 Å². The van der Waals surface area contributed by atoms with Gasteiger partial charge in [-0.15, -0.1) is 11.8 Å². The van der Waals surface area contributed by atoms with Crippen LogP contribution >= 0.6 is 11.8 Å². The Balaban J connectivity index is 0.00000288. The van der Waals surface area contributed by atoms with Crippen LogP contribution in [0.15, 0.2) is 29.2 Å². The molecule has 128 valence electrons. The number of carboxylic acid groups (broad SMARTS) is 1. The second kappa shape index (κ2) is 9.94. The summed E-state index contributed by atoms with van der Waals surface area (Å²) in [5.74, 6) is -0.167. The summed E-state index contributed by atoms with van der Waals surface area (Å²) in [7, 11) is 0. The van der Waals surface area contributed by atoms with Crippen molar-refractivity contribution in [3.8, 4) is 0 Å². The van der Waals surface area contributed by atoms with Gasteiger partial charge in [-0.25, -0.2) is 0 Å². The smallest absolute Gasteiger partial charge is 1.00 e. The molecule has 2 rings (SSSR count). The molecule has 7 heteroatoms. The summed E-state index contributed by atoms with van der Waals surface area (Å²) in [4.78, 5) is 26.5. The van der Waals surface area contributed by atoms with Crippen LogP contribution < -0.4 is 29.6 Å². The van der Waals surface area contributed by atoms with Gasteiger partial charge in [-0.3, -0.25) is 14.5 Å². The van der Waals surface area contributed by atoms with E-state index in [1.807, 2.05) is 38.1 Å². The van der Waals surface area contributed by atoms with Gasteiger partial charge in [0.2, 0.25) is 0 Å². The van der Waals surface area contributed by atoms with E-state index < -0.39 is 11.5 Å². The molecule has 0 radical (unpaired) electrons. The Morgan fingerprint density at radius 1 is 1.25 bits per heavy atom. The van der Waals surface area contributed by atoms with E-state index in [1.54, 1.807) is 0 Å². The van der Waals surface area contributed by atoms with Crippen molar-refractivity contribution in [1.29, 1.82) is 0 Å². The zero-order valence-corrected chi connectivity index (χ0v) is 17.4. The molecule has 1 heterocycles. The molecule has 0 atom stereocenters. The molecular formula is C17H24NNaO4S. The molecule has 0 spiro atoms. The second-order valence-electron chi connectivity index (χ2n) is 6.00. The topological polar surface area (TPSA) is 66.8 Å². The molecule has 1 aliphatic rings. The first kappa shape index (κ1) is 21.7. The predicted octanol–water partition coefficient (Wildman–Crippen LogP) is -0.337. The molecule has 0 saturated carbocycles. The standard InChI is InChI=1S/C17H23NO4S.Na.H/c1-17(2,18-8-10-22-11-9-18)16(21)13-3-5-14(6-4-13)23-12-7-15(19)20;;/h3-6H,7-12H2,1-2H3,(H,19,20);;/q;+1;-1. The first-order chi connectivity index (χ1) is 10.9. The van der Waals surface area contributed by atoms with Crippen LogP contribution in [0.2, 0.25) is 0 Å². The molecule has 0 aromatic heterocycles. The van der Waals surface area contributed by atoms with Gasteiger partial charge in [0, 0.05) is 29.3 Å². The fourth-order valence-electron chi connectivity index (χ4n) is 2.58. The average Bonchev–Trinajstić information content (AvgIpc) is 2.55. The van der Waals surface area contributed by atoms with Crippen LogP contribution in [0.1, 0.15) is 32.1 Å². The zero-order valence-electron chi connectivity index (χ0n) is 15.6. The quantitative estimate of drug-likeness (QED) is 0.407. The number of ether oxygens (including phenoxy) is 1. The van der Waals surface area contributed by atoms with Gasteiger partial charge in [0.05, 0.1) is 25.2 Å². The summed E-state index contributed by atoms with van der Waals surface area (Å²) in [6, 6.07) is 7.42. The third kappa shape index (κ3) is 5.86. The van der Waals surface area contributed by atoms with Crippen LogP contribution in [-0.4, -0.2) is 59.4 Å². The first-order valence-electron chi connectivity index (χ1n) is 7.73. The van der Waals surface area contributed by atoms with Crippen LogP contribution in [0.3, 0.4) is 0 Å². The molecule has 0 bridgehead atoms. The monoisotopic (exact) mass is 361 g/mol. The van der Waals surface area contributed by atoms with Crippen molar-refractivity contribution in [3.63, 3.8) is 0 Å². The van der Waals surface area contributed by atoms with E-state index in [4.69, 9.17) is 9.84 Å². The Hall–Kier alpha value is -0.370. The zero-order chi connectivity index (χ0) is 16.9. The molecular weight excluding hydrogens is 337 g/mol. The van der Waals surface area contributed by atoms with Gasteiger partial charge >= 0.3 is 35.5 Å². The summed E-state index contributed by atoms with van der Waals surface area (Å²) >= 11 is 1.49. The van der Waals surface area contributed by atoms with Gasteiger partial charge < -0.3 is 11.3 Å². The van der Waals surface area contributed by atoms with Crippen LogP contribution in [0.4, 0.5) is 0 Å². The van der Waals surface area contributed by atoms with E-state index in [9.17, 15) is 9.59 Å². The Morgan fingerprint density at radius 3 is 2.38 bits per heavy atom. The number of hydrogen-bond acceptors (Lipinski definition) is 5. The fraction of sp³-hybridized carbons (Fsp3) is 0.529. The van der Waals surface area contributed by atoms with Crippen molar-refractivity contribution in [2.24, 2.45) is 0 Å². The fourth-order valence-corrected chi connectivity index (χ4v) is 3.42. The number of aliphatic carboxylic acids is 1. The van der Waals surface area contributed by atoms with E-state index in [2.05, 4.69) is 4.90 Å².